The average Bonchev–Trinajstić information content (AvgIpc) is 2.58. The van der Waals surface area contributed by atoms with Crippen LogP contribution in [0, 0.1) is 5.92 Å². The van der Waals surface area contributed by atoms with Crippen molar-refractivity contribution in [3.8, 4) is 0 Å². The third-order valence-electron chi connectivity index (χ3n) is 4.63. The SMILES string of the molecule is CCC1CCCCC1(O)C1=CCCCCC1. The molecular formula is C15H26O. The average molecular weight is 222 g/mol. The second kappa shape index (κ2) is 5.35. The fraction of sp³-hybridized carbons (Fsp3) is 0.867. The van der Waals surface area contributed by atoms with Gasteiger partial charge in [0.15, 0.2) is 0 Å². The fourth-order valence-corrected chi connectivity index (χ4v) is 3.60. The van der Waals surface area contributed by atoms with Gasteiger partial charge < -0.3 is 5.11 Å². The second-order valence-electron chi connectivity index (χ2n) is 5.60. The zero-order valence-corrected chi connectivity index (χ0v) is 10.7. The van der Waals surface area contributed by atoms with Gasteiger partial charge in [-0.1, -0.05) is 38.7 Å². The van der Waals surface area contributed by atoms with Gasteiger partial charge in [-0.05, 0) is 50.0 Å². The van der Waals surface area contributed by atoms with Gasteiger partial charge >= 0.3 is 0 Å². The summed E-state index contributed by atoms with van der Waals surface area (Å²) in [6, 6.07) is 0. The van der Waals surface area contributed by atoms with Gasteiger partial charge in [-0.25, -0.2) is 0 Å². The molecule has 0 spiro atoms. The molecule has 0 aromatic rings. The molecule has 2 aliphatic rings. The lowest BCUT2D eigenvalue weighted by molar-refractivity contribution is -0.0196. The maximum Gasteiger partial charge on any atom is 0.0884 e. The van der Waals surface area contributed by atoms with Crippen LogP contribution in [0.4, 0.5) is 0 Å². The molecule has 92 valence electrons. The maximum absolute atomic E-state index is 11.0. The minimum absolute atomic E-state index is 0.433. The molecule has 2 aliphatic carbocycles. The Labute approximate surface area is 99.9 Å². The van der Waals surface area contributed by atoms with Crippen molar-refractivity contribution >= 4 is 0 Å². The highest BCUT2D eigenvalue weighted by Gasteiger charge is 2.40. The zero-order chi connectivity index (χ0) is 11.4. The van der Waals surface area contributed by atoms with Gasteiger partial charge in [0.05, 0.1) is 5.60 Å². The van der Waals surface area contributed by atoms with E-state index in [9.17, 15) is 5.11 Å². The van der Waals surface area contributed by atoms with Crippen molar-refractivity contribution in [3.05, 3.63) is 11.6 Å². The van der Waals surface area contributed by atoms with Crippen LogP contribution in [-0.4, -0.2) is 10.7 Å². The normalized spacial score (nSPS) is 36.6. The third-order valence-corrected chi connectivity index (χ3v) is 4.63. The van der Waals surface area contributed by atoms with Crippen molar-refractivity contribution in [1.29, 1.82) is 0 Å². The first-order valence-electron chi connectivity index (χ1n) is 7.19. The lowest BCUT2D eigenvalue weighted by atomic mass is 9.69. The van der Waals surface area contributed by atoms with Gasteiger partial charge in [0, 0.05) is 0 Å². The Bertz CT molecular complexity index is 256. The number of rotatable bonds is 2. The van der Waals surface area contributed by atoms with Crippen molar-refractivity contribution in [2.24, 2.45) is 5.92 Å². The first-order chi connectivity index (χ1) is 7.77. The summed E-state index contributed by atoms with van der Waals surface area (Å²) in [4.78, 5) is 0. The lowest BCUT2D eigenvalue weighted by Crippen LogP contribution is -2.42. The van der Waals surface area contributed by atoms with E-state index in [4.69, 9.17) is 0 Å². The van der Waals surface area contributed by atoms with Crippen molar-refractivity contribution in [1.82, 2.24) is 0 Å². The molecule has 0 aromatic carbocycles. The van der Waals surface area contributed by atoms with Crippen LogP contribution in [0.5, 0.6) is 0 Å². The molecule has 2 atom stereocenters. The Kier molecular flexibility index (Phi) is 4.07. The molecule has 2 rings (SSSR count). The van der Waals surface area contributed by atoms with Gasteiger partial charge in [0.1, 0.15) is 0 Å². The largest absolute Gasteiger partial charge is 0.385 e. The predicted molar refractivity (Wildman–Crippen MR) is 68.4 cm³/mol. The smallest absolute Gasteiger partial charge is 0.0884 e. The van der Waals surface area contributed by atoms with Crippen LogP contribution in [0.1, 0.15) is 71.1 Å². The van der Waals surface area contributed by atoms with E-state index in [-0.39, 0.29) is 0 Å². The van der Waals surface area contributed by atoms with Crippen molar-refractivity contribution < 1.29 is 5.11 Å². The Morgan fingerprint density at radius 1 is 1.25 bits per heavy atom. The Morgan fingerprint density at radius 3 is 2.94 bits per heavy atom. The number of hydrogen-bond acceptors (Lipinski definition) is 1. The molecule has 1 N–H and O–H groups in total. The van der Waals surface area contributed by atoms with Crippen LogP contribution < -0.4 is 0 Å². The second-order valence-corrected chi connectivity index (χ2v) is 5.60. The van der Waals surface area contributed by atoms with E-state index >= 15 is 0 Å². The summed E-state index contributed by atoms with van der Waals surface area (Å²) in [5, 5.41) is 11.0. The summed E-state index contributed by atoms with van der Waals surface area (Å²) in [6.07, 6.45) is 14.5. The molecule has 0 radical (unpaired) electrons. The molecule has 1 fully saturated rings. The van der Waals surface area contributed by atoms with Crippen LogP contribution in [0.3, 0.4) is 0 Å². The Balaban J connectivity index is 2.16. The third kappa shape index (κ3) is 2.34. The first kappa shape index (κ1) is 12.2. The Morgan fingerprint density at radius 2 is 2.12 bits per heavy atom. The van der Waals surface area contributed by atoms with E-state index in [1.807, 2.05) is 0 Å². The molecular weight excluding hydrogens is 196 g/mol. The van der Waals surface area contributed by atoms with E-state index in [0.717, 1.165) is 19.3 Å². The van der Waals surface area contributed by atoms with Gasteiger partial charge in [-0.3, -0.25) is 0 Å². The monoisotopic (exact) mass is 222 g/mol. The van der Waals surface area contributed by atoms with Crippen LogP contribution in [0.15, 0.2) is 11.6 Å². The molecule has 0 heterocycles. The van der Waals surface area contributed by atoms with E-state index in [2.05, 4.69) is 13.0 Å². The molecule has 0 bridgehead atoms. The van der Waals surface area contributed by atoms with Gasteiger partial charge in [0.25, 0.3) is 0 Å². The summed E-state index contributed by atoms with van der Waals surface area (Å²) in [5.41, 5.74) is 0.953. The molecule has 1 heteroatoms. The fourth-order valence-electron chi connectivity index (χ4n) is 3.60. The van der Waals surface area contributed by atoms with Crippen molar-refractivity contribution in [2.45, 2.75) is 76.7 Å². The lowest BCUT2D eigenvalue weighted by Gasteiger charge is -2.42. The first-order valence-corrected chi connectivity index (χ1v) is 7.19. The van der Waals surface area contributed by atoms with Gasteiger partial charge in [-0.15, -0.1) is 0 Å². The van der Waals surface area contributed by atoms with Crippen molar-refractivity contribution in [3.63, 3.8) is 0 Å². The van der Waals surface area contributed by atoms with Crippen LogP contribution >= 0.6 is 0 Å². The Hall–Kier alpha value is -0.300. The quantitative estimate of drug-likeness (QED) is 0.694. The summed E-state index contributed by atoms with van der Waals surface area (Å²) in [7, 11) is 0. The molecule has 0 saturated heterocycles. The summed E-state index contributed by atoms with van der Waals surface area (Å²) >= 11 is 0. The molecule has 1 saturated carbocycles. The highest BCUT2D eigenvalue weighted by atomic mass is 16.3. The summed E-state index contributed by atoms with van der Waals surface area (Å²) in [6.45, 7) is 2.23. The molecule has 0 amide bonds. The minimum Gasteiger partial charge on any atom is -0.385 e. The maximum atomic E-state index is 11.0. The predicted octanol–water partition coefficient (Wildman–Crippen LogP) is 4.21. The van der Waals surface area contributed by atoms with E-state index in [1.54, 1.807) is 0 Å². The number of hydrogen-bond donors (Lipinski definition) is 1. The van der Waals surface area contributed by atoms with E-state index < -0.39 is 5.60 Å². The molecule has 1 nitrogen and oxygen atoms in total. The van der Waals surface area contributed by atoms with Gasteiger partial charge in [-0.2, -0.15) is 0 Å². The van der Waals surface area contributed by atoms with Crippen LogP contribution in [0.25, 0.3) is 0 Å². The van der Waals surface area contributed by atoms with Crippen LogP contribution in [-0.2, 0) is 0 Å². The number of allylic oxidation sites excluding steroid dienone is 1. The highest BCUT2D eigenvalue weighted by Crippen LogP contribution is 2.43. The highest BCUT2D eigenvalue weighted by molar-refractivity contribution is 5.20. The molecule has 0 aromatic heterocycles. The van der Waals surface area contributed by atoms with E-state index in [1.165, 1.54) is 50.5 Å². The van der Waals surface area contributed by atoms with E-state index in [0.29, 0.717) is 5.92 Å². The summed E-state index contributed by atoms with van der Waals surface area (Å²) < 4.78 is 0. The minimum atomic E-state index is -0.433. The molecule has 2 unspecified atom stereocenters. The molecule has 0 aliphatic heterocycles. The topological polar surface area (TPSA) is 20.2 Å². The van der Waals surface area contributed by atoms with Crippen molar-refractivity contribution in [2.75, 3.05) is 0 Å². The van der Waals surface area contributed by atoms with Crippen LogP contribution in [0.2, 0.25) is 0 Å². The summed E-state index contributed by atoms with van der Waals surface area (Å²) in [5.74, 6) is 0.519. The number of aliphatic hydroxyl groups is 1. The van der Waals surface area contributed by atoms with Gasteiger partial charge in [0.2, 0.25) is 0 Å². The molecule has 16 heavy (non-hydrogen) atoms. The standard InChI is InChI=1S/C15H26O/c1-2-13-9-7-8-12-15(13,16)14-10-5-3-4-6-11-14/h10,13,16H,2-9,11-12H2,1H3. The zero-order valence-electron chi connectivity index (χ0n) is 10.7.